The first-order valence-corrected chi connectivity index (χ1v) is 8.62. The first-order valence-electron chi connectivity index (χ1n) is 8.62. The molecule has 1 aromatic rings. The largest absolute Gasteiger partial charge is 0.0991 e. The lowest BCUT2D eigenvalue weighted by Gasteiger charge is -2.06. The highest BCUT2D eigenvalue weighted by atomic mass is 14.0. The lowest BCUT2D eigenvalue weighted by molar-refractivity contribution is 1.50. The fraction of sp³-hybridized carbons (Fsp3) is 0.304. The van der Waals surface area contributed by atoms with Gasteiger partial charge in [0.25, 0.3) is 0 Å². The molecule has 23 heavy (non-hydrogen) atoms. The summed E-state index contributed by atoms with van der Waals surface area (Å²) in [5.41, 5.74) is 4.92. The number of rotatable bonds is 5. The smallest absolute Gasteiger partial charge is 0.0187 e. The molecule has 126 valence electrons. The molecule has 0 fully saturated rings. The molecule has 0 heteroatoms. The molecule has 0 radical (unpaired) electrons. The van der Waals surface area contributed by atoms with Crippen LogP contribution in [-0.2, 0) is 0 Å². The molecule has 0 saturated carbocycles. The molecule has 0 aromatic heterocycles. The van der Waals surface area contributed by atoms with Gasteiger partial charge in [0, 0.05) is 0 Å². The minimum Gasteiger partial charge on any atom is -0.0991 e. The van der Waals surface area contributed by atoms with Crippen molar-refractivity contribution in [1.29, 1.82) is 0 Å². The minimum atomic E-state index is 1.21. The van der Waals surface area contributed by atoms with Crippen molar-refractivity contribution in [3.63, 3.8) is 0 Å². The highest BCUT2D eigenvalue weighted by molar-refractivity contribution is 5.78. The second kappa shape index (κ2) is 16.3. The molecule has 1 aromatic carbocycles. The molecule has 0 heterocycles. The van der Waals surface area contributed by atoms with Gasteiger partial charge in [0.2, 0.25) is 0 Å². The van der Waals surface area contributed by atoms with Gasteiger partial charge in [0.1, 0.15) is 0 Å². The van der Waals surface area contributed by atoms with E-state index in [0.29, 0.717) is 0 Å². The standard InChI is InChI=1S/C19H22.2C2H6/c1-5-9-11-17(8-4)19-14-12-18(13-15-19)16(7-3)10-6-2;2*1-2/h5-15H,1H2,2-4H3;2*1-2H3/b10-6-,11-9-,16-7+,17-8+;;. The Morgan fingerprint density at radius 1 is 0.739 bits per heavy atom. The van der Waals surface area contributed by atoms with E-state index in [4.69, 9.17) is 0 Å². The lowest BCUT2D eigenvalue weighted by Crippen LogP contribution is -1.84. The maximum atomic E-state index is 3.70. The van der Waals surface area contributed by atoms with Gasteiger partial charge < -0.3 is 0 Å². The fourth-order valence-corrected chi connectivity index (χ4v) is 1.92. The normalized spacial score (nSPS) is 11.6. The first kappa shape index (κ1) is 23.2. The van der Waals surface area contributed by atoms with E-state index >= 15 is 0 Å². The van der Waals surface area contributed by atoms with E-state index in [0.717, 1.165) is 0 Å². The zero-order chi connectivity index (χ0) is 18.1. The quantitative estimate of drug-likeness (QED) is 0.485. The van der Waals surface area contributed by atoms with E-state index in [9.17, 15) is 0 Å². The van der Waals surface area contributed by atoms with Crippen molar-refractivity contribution in [3.05, 3.63) is 84.5 Å². The van der Waals surface area contributed by atoms with Crippen LogP contribution in [0.25, 0.3) is 11.1 Å². The Morgan fingerprint density at radius 2 is 1.13 bits per heavy atom. The monoisotopic (exact) mass is 310 g/mol. The summed E-state index contributed by atoms with van der Waals surface area (Å²) in [4.78, 5) is 0. The van der Waals surface area contributed by atoms with Crippen LogP contribution in [0.15, 0.2) is 73.4 Å². The van der Waals surface area contributed by atoms with Gasteiger partial charge >= 0.3 is 0 Å². The van der Waals surface area contributed by atoms with E-state index in [1.54, 1.807) is 6.08 Å². The van der Waals surface area contributed by atoms with E-state index < -0.39 is 0 Å². The first-order chi connectivity index (χ1) is 11.3. The number of hydrogen-bond acceptors (Lipinski definition) is 0. The predicted molar refractivity (Wildman–Crippen MR) is 111 cm³/mol. The van der Waals surface area contributed by atoms with E-state index in [2.05, 4.69) is 68.1 Å². The maximum absolute atomic E-state index is 3.70. The number of hydrogen-bond donors (Lipinski definition) is 0. The summed E-state index contributed by atoms with van der Waals surface area (Å²) < 4.78 is 0. The molecular weight excluding hydrogens is 276 g/mol. The minimum absolute atomic E-state index is 1.21. The molecule has 1 rings (SSSR count). The van der Waals surface area contributed by atoms with Crippen LogP contribution < -0.4 is 0 Å². The average Bonchev–Trinajstić information content (AvgIpc) is 2.64. The Morgan fingerprint density at radius 3 is 1.43 bits per heavy atom. The van der Waals surface area contributed by atoms with Crippen LogP contribution >= 0.6 is 0 Å². The Balaban J connectivity index is 0. The fourth-order valence-electron chi connectivity index (χ4n) is 1.92. The van der Waals surface area contributed by atoms with Crippen molar-refractivity contribution >= 4 is 11.1 Å². The Bertz CT molecular complexity index is 520. The van der Waals surface area contributed by atoms with E-state index in [1.807, 2.05) is 47.6 Å². The average molecular weight is 311 g/mol. The van der Waals surface area contributed by atoms with Crippen molar-refractivity contribution in [2.45, 2.75) is 48.5 Å². The van der Waals surface area contributed by atoms with Gasteiger partial charge in [-0.1, -0.05) is 101 Å². The van der Waals surface area contributed by atoms with Gasteiger partial charge in [-0.25, -0.2) is 0 Å². The third-order valence-electron chi connectivity index (χ3n) is 2.93. The molecule has 0 aliphatic rings. The van der Waals surface area contributed by atoms with Gasteiger partial charge in [-0.15, -0.1) is 0 Å². The molecule has 0 aliphatic heterocycles. The maximum Gasteiger partial charge on any atom is -0.0187 e. The number of benzene rings is 1. The Hall–Kier alpha value is -2.08. The summed E-state index contributed by atoms with van der Waals surface area (Å²) >= 11 is 0. The van der Waals surface area contributed by atoms with Crippen LogP contribution in [0, 0.1) is 0 Å². The SMILES string of the molecule is C=C/C=C\C(=C/C)c1ccc(C(/C=C\C)=C/C)cc1.CC.CC. The van der Waals surface area contributed by atoms with Crippen molar-refractivity contribution < 1.29 is 0 Å². The summed E-state index contributed by atoms with van der Waals surface area (Å²) in [7, 11) is 0. The molecular formula is C23H34. The van der Waals surface area contributed by atoms with Crippen molar-refractivity contribution in [3.8, 4) is 0 Å². The van der Waals surface area contributed by atoms with Crippen LogP contribution in [0.1, 0.15) is 59.6 Å². The summed E-state index contributed by atoms with van der Waals surface area (Å²) in [6.07, 6.45) is 14.3. The number of allylic oxidation sites excluding steroid dienone is 9. The molecule has 0 amide bonds. The second-order valence-electron chi connectivity index (χ2n) is 4.16. The lowest BCUT2D eigenvalue weighted by atomic mass is 9.99. The highest BCUT2D eigenvalue weighted by Crippen LogP contribution is 2.21. The van der Waals surface area contributed by atoms with Crippen molar-refractivity contribution in [2.75, 3.05) is 0 Å². The van der Waals surface area contributed by atoms with Crippen molar-refractivity contribution in [1.82, 2.24) is 0 Å². The third-order valence-corrected chi connectivity index (χ3v) is 2.93. The van der Waals surface area contributed by atoms with Crippen LogP contribution in [-0.4, -0.2) is 0 Å². The van der Waals surface area contributed by atoms with Gasteiger partial charge in [0.15, 0.2) is 0 Å². The van der Waals surface area contributed by atoms with Crippen LogP contribution in [0.2, 0.25) is 0 Å². The Labute approximate surface area is 144 Å². The van der Waals surface area contributed by atoms with E-state index in [-0.39, 0.29) is 0 Å². The topological polar surface area (TPSA) is 0 Å². The van der Waals surface area contributed by atoms with Crippen LogP contribution in [0.3, 0.4) is 0 Å². The summed E-state index contributed by atoms with van der Waals surface area (Å²) in [6.45, 7) is 17.9. The molecule has 0 nitrogen and oxygen atoms in total. The van der Waals surface area contributed by atoms with Crippen LogP contribution in [0.4, 0.5) is 0 Å². The molecule has 0 aliphatic carbocycles. The highest BCUT2D eigenvalue weighted by Gasteiger charge is 1.99. The summed E-state index contributed by atoms with van der Waals surface area (Å²) in [5, 5.41) is 0. The molecule has 0 bridgehead atoms. The third kappa shape index (κ3) is 8.83. The summed E-state index contributed by atoms with van der Waals surface area (Å²) in [5.74, 6) is 0. The van der Waals surface area contributed by atoms with Gasteiger partial charge in [-0.05, 0) is 43.0 Å². The van der Waals surface area contributed by atoms with Crippen LogP contribution in [0.5, 0.6) is 0 Å². The zero-order valence-electron chi connectivity index (χ0n) is 16.1. The second-order valence-corrected chi connectivity index (χ2v) is 4.16. The molecule has 0 saturated heterocycles. The molecule has 0 N–H and O–H groups in total. The predicted octanol–water partition coefficient (Wildman–Crippen LogP) is 7.86. The zero-order valence-corrected chi connectivity index (χ0v) is 16.1. The van der Waals surface area contributed by atoms with Gasteiger partial charge in [-0.3, -0.25) is 0 Å². The Kier molecular flexibility index (Phi) is 16.4. The van der Waals surface area contributed by atoms with Gasteiger partial charge in [-0.2, -0.15) is 0 Å². The molecule has 0 atom stereocenters. The molecule has 0 spiro atoms. The summed E-state index contributed by atoms with van der Waals surface area (Å²) in [6, 6.07) is 8.64. The van der Waals surface area contributed by atoms with Crippen molar-refractivity contribution in [2.24, 2.45) is 0 Å². The van der Waals surface area contributed by atoms with E-state index in [1.165, 1.54) is 22.3 Å². The molecule has 0 unspecified atom stereocenters. The van der Waals surface area contributed by atoms with Gasteiger partial charge in [0.05, 0.1) is 0 Å².